The fraction of sp³-hybridized carbons (Fsp3) is 0.923. The molecule has 0 spiro atoms. The quantitative estimate of drug-likeness (QED) is 0.266. The maximum atomic E-state index is 5.45. The molecule has 0 rings (SSSR count). The van der Waals surface area contributed by atoms with Crippen LogP contribution in [-0.2, 0) is 9.47 Å². The minimum absolute atomic E-state index is 0.135. The van der Waals surface area contributed by atoms with Crippen molar-refractivity contribution in [3.63, 3.8) is 0 Å². The maximum absolute atomic E-state index is 5.45. The molecule has 0 aromatic carbocycles. The Labute approximate surface area is 122 Å². The molecule has 0 aliphatic rings. The molecule has 108 valence electrons. The first-order chi connectivity index (χ1) is 8.66. The summed E-state index contributed by atoms with van der Waals surface area (Å²) in [6.07, 6.45) is 7.88. The summed E-state index contributed by atoms with van der Waals surface area (Å²) in [5.74, 6) is 0. The van der Waals surface area contributed by atoms with Gasteiger partial charge in [-0.2, -0.15) is 0 Å². The number of hydrogen-bond donors (Lipinski definition) is 1. The number of unbranched alkanes of at least 4 members (excludes halogenated alkanes) is 5. The first-order valence-electron chi connectivity index (χ1n) is 6.84. The molecule has 0 unspecified atom stereocenters. The van der Waals surface area contributed by atoms with Crippen LogP contribution in [0.3, 0.4) is 0 Å². The van der Waals surface area contributed by atoms with Gasteiger partial charge in [0.2, 0.25) is 4.38 Å². The van der Waals surface area contributed by atoms with Crippen LogP contribution in [0.15, 0.2) is 0 Å². The van der Waals surface area contributed by atoms with Crippen LogP contribution in [0.1, 0.15) is 59.3 Å². The fourth-order valence-electron chi connectivity index (χ4n) is 1.40. The van der Waals surface area contributed by atoms with Gasteiger partial charge in [-0.15, -0.1) is 0 Å². The van der Waals surface area contributed by atoms with Gasteiger partial charge in [-0.1, -0.05) is 39.0 Å². The van der Waals surface area contributed by atoms with Crippen molar-refractivity contribution >= 4 is 28.5 Å². The van der Waals surface area contributed by atoms with Crippen molar-refractivity contribution < 1.29 is 9.47 Å². The Morgan fingerprint density at radius 2 is 1.83 bits per heavy atom. The minimum Gasteiger partial charge on any atom is -0.475 e. The third-order valence-corrected chi connectivity index (χ3v) is 3.16. The SMILES string of the molecule is CCCCCCCCOCNSC(=S)OC(C)C. The molecular weight excluding hydrogens is 266 g/mol. The van der Waals surface area contributed by atoms with Gasteiger partial charge in [-0.25, -0.2) is 4.72 Å². The van der Waals surface area contributed by atoms with Crippen molar-refractivity contribution in [2.24, 2.45) is 0 Å². The number of nitrogens with one attached hydrogen (secondary N) is 1. The van der Waals surface area contributed by atoms with E-state index in [4.69, 9.17) is 21.7 Å². The van der Waals surface area contributed by atoms with Crippen molar-refractivity contribution in [3.05, 3.63) is 0 Å². The van der Waals surface area contributed by atoms with E-state index in [1.54, 1.807) is 0 Å². The Hall–Kier alpha value is 0.160. The van der Waals surface area contributed by atoms with Crippen molar-refractivity contribution in [2.75, 3.05) is 13.3 Å². The maximum Gasteiger partial charge on any atom is 0.235 e. The Morgan fingerprint density at radius 1 is 1.17 bits per heavy atom. The summed E-state index contributed by atoms with van der Waals surface area (Å²) in [4.78, 5) is 0. The molecule has 1 N–H and O–H groups in total. The van der Waals surface area contributed by atoms with Gasteiger partial charge < -0.3 is 9.47 Å². The van der Waals surface area contributed by atoms with Crippen molar-refractivity contribution in [2.45, 2.75) is 65.4 Å². The van der Waals surface area contributed by atoms with Crippen LogP contribution in [0, 0.1) is 0 Å². The highest BCUT2D eigenvalue weighted by Crippen LogP contribution is 2.05. The Kier molecular flexibility index (Phi) is 13.7. The molecule has 0 saturated heterocycles. The summed E-state index contributed by atoms with van der Waals surface area (Å²) in [7, 11) is 0. The smallest absolute Gasteiger partial charge is 0.235 e. The first-order valence-corrected chi connectivity index (χ1v) is 8.07. The van der Waals surface area contributed by atoms with Gasteiger partial charge >= 0.3 is 0 Å². The zero-order chi connectivity index (χ0) is 13.6. The largest absolute Gasteiger partial charge is 0.475 e. The van der Waals surface area contributed by atoms with Crippen LogP contribution in [0.2, 0.25) is 0 Å². The highest BCUT2D eigenvalue weighted by atomic mass is 32.2. The van der Waals surface area contributed by atoms with Crippen LogP contribution >= 0.6 is 24.2 Å². The highest BCUT2D eigenvalue weighted by molar-refractivity contribution is 8.21. The second-order valence-electron chi connectivity index (χ2n) is 4.48. The number of ether oxygens (including phenoxy) is 2. The lowest BCUT2D eigenvalue weighted by Gasteiger charge is -2.10. The summed E-state index contributed by atoms with van der Waals surface area (Å²) in [5.41, 5.74) is 0. The fourth-order valence-corrected chi connectivity index (χ4v) is 2.27. The number of rotatable bonds is 11. The molecule has 3 nitrogen and oxygen atoms in total. The summed E-state index contributed by atoms with van der Waals surface area (Å²) in [6.45, 7) is 7.49. The second-order valence-corrected chi connectivity index (χ2v) is 5.98. The summed E-state index contributed by atoms with van der Waals surface area (Å²) in [6, 6.07) is 0. The van der Waals surface area contributed by atoms with E-state index in [9.17, 15) is 0 Å². The molecule has 0 bridgehead atoms. The van der Waals surface area contributed by atoms with Crippen molar-refractivity contribution in [3.8, 4) is 0 Å². The molecule has 0 radical (unpaired) electrons. The van der Waals surface area contributed by atoms with Crippen LogP contribution in [0.25, 0.3) is 0 Å². The predicted molar refractivity (Wildman–Crippen MR) is 83.7 cm³/mol. The molecule has 0 aliphatic carbocycles. The van der Waals surface area contributed by atoms with Gasteiger partial charge in [0.25, 0.3) is 0 Å². The van der Waals surface area contributed by atoms with E-state index in [2.05, 4.69) is 11.6 Å². The lowest BCUT2D eigenvalue weighted by Crippen LogP contribution is -2.15. The Balaban J connectivity index is 3.09. The molecule has 0 aromatic heterocycles. The topological polar surface area (TPSA) is 30.5 Å². The van der Waals surface area contributed by atoms with Crippen LogP contribution in [0.5, 0.6) is 0 Å². The molecule has 0 saturated carbocycles. The van der Waals surface area contributed by atoms with Gasteiger partial charge in [0, 0.05) is 18.6 Å². The standard InChI is InChI=1S/C13H27NO2S2/c1-4-5-6-7-8-9-10-15-11-14-18-13(17)16-12(2)3/h12,14H,4-11H2,1-3H3. The molecule has 0 fully saturated rings. The van der Waals surface area contributed by atoms with E-state index in [1.807, 2.05) is 13.8 Å². The summed E-state index contributed by atoms with van der Waals surface area (Å²) < 4.78 is 14.3. The molecule has 0 aliphatic heterocycles. The van der Waals surface area contributed by atoms with Gasteiger partial charge in [-0.05, 0) is 32.5 Å². The molecule has 0 heterocycles. The van der Waals surface area contributed by atoms with E-state index in [0.29, 0.717) is 11.1 Å². The predicted octanol–water partition coefficient (Wildman–Crippen LogP) is 4.27. The lowest BCUT2D eigenvalue weighted by atomic mass is 10.1. The zero-order valence-electron chi connectivity index (χ0n) is 11.9. The number of thiocarbonyl (C=S) groups is 1. The van der Waals surface area contributed by atoms with Crippen LogP contribution < -0.4 is 4.72 Å². The zero-order valence-corrected chi connectivity index (χ0v) is 13.5. The molecule has 0 aromatic rings. The summed E-state index contributed by atoms with van der Waals surface area (Å²) in [5, 5.41) is 0. The average Bonchev–Trinajstić information content (AvgIpc) is 2.30. The molecule has 0 amide bonds. The first kappa shape index (κ1) is 18.2. The van der Waals surface area contributed by atoms with Crippen LogP contribution in [0.4, 0.5) is 0 Å². The lowest BCUT2D eigenvalue weighted by molar-refractivity contribution is 0.128. The minimum atomic E-state index is 0.135. The van der Waals surface area contributed by atoms with Gasteiger partial charge in [0.1, 0.15) is 6.73 Å². The Bertz CT molecular complexity index is 201. The third-order valence-electron chi connectivity index (χ3n) is 2.29. The average molecular weight is 293 g/mol. The van der Waals surface area contributed by atoms with E-state index in [1.165, 1.54) is 44.1 Å². The number of hydrogen-bond acceptors (Lipinski definition) is 5. The van der Waals surface area contributed by atoms with Gasteiger partial charge in [-0.3, -0.25) is 0 Å². The summed E-state index contributed by atoms with van der Waals surface area (Å²) >= 11 is 6.33. The van der Waals surface area contributed by atoms with E-state index >= 15 is 0 Å². The molecular formula is C13H27NO2S2. The monoisotopic (exact) mass is 293 g/mol. The highest BCUT2D eigenvalue weighted by Gasteiger charge is 2.00. The van der Waals surface area contributed by atoms with Gasteiger partial charge in [0.15, 0.2) is 0 Å². The molecule has 18 heavy (non-hydrogen) atoms. The molecule has 0 atom stereocenters. The van der Waals surface area contributed by atoms with Crippen molar-refractivity contribution in [1.29, 1.82) is 0 Å². The van der Waals surface area contributed by atoms with E-state index in [-0.39, 0.29) is 6.10 Å². The Morgan fingerprint density at radius 3 is 2.50 bits per heavy atom. The van der Waals surface area contributed by atoms with Crippen molar-refractivity contribution in [1.82, 2.24) is 4.72 Å². The van der Waals surface area contributed by atoms with Crippen LogP contribution in [-0.4, -0.2) is 23.8 Å². The third kappa shape index (κ3) is 14.2. The second kappa shape index (κ2) is 13.6. The van der Waals surface area contributed by atoms with E-state index < -0.39 is 0 Å². The molecule has 5 heteroatoms. The van der Waals surface area contributed by atoms with E-state index in [0.717, 1.165) is 13.0 Å². The normalized spacial score (nSPS) is 10.9. The van der Waals surface area contributed by atoms with Gasteiger partial charge in [0.05, 0.1) is 6.10 Å².